The molecule has 10 aromatic rings. The standard InChI is InChI=1S/C39H22N4O2S/c1-2-10-23-22(9-1)24(19-20-29(23)39-42-43-45-39)32-21-33(30-15-8-14-28-26-12-4-6-18-35(26)46-37(28)30)41-38(40-32)31-16-7-13-27-25-11-3-5-17-34(25)44-36(27)31/h1-21,43H. The number of H-pyrrole nitrogens is 1. The zero-order valence-electron chi connectivity index (χ0n) is 24.2. The summed E-state index contributed by atoms with van der Waals surface area (Å²) in [6.07, 6.45) is 0. The van der Waals surface area contributed by atoms with Crippen LogP contribution in [0.5, 0.6) is 0 Å². The van der Waals surface area contributed by atoms with E-state index in [0.717, 1.165) is 66.4 Å². The van der Waals surface area contributed by atoms with Crippen molar-refractivity contribution in [3.8, 4) is 45.4 Å². The first-order valence-corrected chi connectivity index (χ1v) is 15.8. The van der Waals surface area contributed by atoms with E-state index in [-0.39, 0.29) is 0 Å². The zero-order chi connectivity index (χ0) is 30.2. The maximum atomic E-state index is 6.46. The van der Waals surface area contributed by atoms with Crippen molar-refractivity contribution in [3.63, 3.8) is 0 Å². The van der Waals surface area contributed by atoms with Gasteiger partial charge in [-0.3, -0.25) is 0 Å². The van der Waals surface area contributed by atoms with E-state index in [2.05, 4.69) is 95.3 Å². The van der Waals surface area contributed by atoms with E-state index < -0.39 is 0 Å². The van der Waals surface area contributed by atoms with E-state index in [1.807, 2.05) is 42.5 Å². The Labute approximate surface area is 265 Å². The Kier molecular flexibility index (Phi) is 5.35. The molecule has 0 aliphatic carbocycles. The number of aromatic nitrogens is 4. The molecule has 0 atom stereocenters. The van der Waals surface area contributed by atoms with E-state index in [1.54, 1.807) is 11.3 Å². The lowest BCUT2D eigenvalue weighted by molar-refractivity contribution is 0.301. The molecular weight excluding hydrogens is 589 g/mol. The molecule has 4 heterocycles. The number of aromatic amines is 1. The minimum atomic E-state index is 0.569. The Morgan fingerprint density at radius 3 is 1.96 bits per heavy atom. The highest BCUT2D eigenvalue weighted by Gasteiger charge is 2.20. The predicted molar refractivity (Wildman–Crippen MR) is 186 cm³/mol. The number of nitrogens with zero attached hydrogens (tertiary/aromatic N) is 3. The van der Waals surface area contributed by atoms with Crippen molar-refractivity contribution in [2.45, 2.75) is 0 Å². The Morgan fingerprint density at radius 2 is 1.15 bits per heavy atom. The van der Waals surface area contributed by atoms with Crippen molar-refractivity contribution in [2.75, 3.05) is 0 Å². The third-order valence-electron chi connectivity index (χ3n) is 8.77. The van der Waals surface area contributed by atoms with Crippen molar-refractivity contribution in [1.29, 1.82) is 0 Å². The summed E-state index contributed by atoms with van der Waals surface area (Å²) >= 11 is 1.80. The van der Waals surface area contributed by atoms with Gasteiger partial charge in [0.15, 0.2) is 5.82 Å². The van der Waals surface area contributed by atoms with Crippen LogP contribution in [0.4, 0.5) is 0 Å². The number of thiophene rings is 1. The summed E-state index contributed by atoms with van der Waals surface area (Å²) in [5, 5.41) is 13.4. The molecule has 0 bridgehead atoms. The highest BCUT2D eigenvalue weighted by atomic mass is 32.1. The van der Waals surface area contributed by atoms with Gasteiger partial charge in [0.25, 0.3) is 5.89 Å². The lowest BCUT2D eigenvalue weighted by Crippen LogP contribution is -1.98. The molecule has 46 heavy (non-hydrogen) atoms. The van der Waals surface area contributed by atoms with Gasteiger partial charge in [-0.1, -0.05) is 97.1 Å². The molecule has 0 fully saturated rings. The Balaban J connectivity index is 1.28. The summed E-state index contributed by atoms with van der Waals surface area (Å²) in [5.74, 6) is 1.18. The normalized spacial score (nSPS) is 11.9. The lowest BCUT2D eigenvalue weighted by atomic mass is 9.96. The van der Waals surface area contributed by atoms with Gasteiger partial charge in [0, 0.05) is 47.6 Å². The first-order valence-electron chi connectivity index (χ1n) is 15.0. The molecule has 6 nitrogen and oxygen atoms in total. The Morgan fingerprint density at radius 1 is 0.522 bits per heavy atom. The second kappa shape index (κ2) is 9.72. The highest BCUT2D eigenvalue weighted by molar-refractivity contribution is 7.26. The van der Waals surface area contributed by atoms with E-state index >= 15 is 0 Å². The van der Waals surface area contributed by atoms with Crippen molar-refractivity contribution < 1.29 is 8.94 Å². The van der Waals surface area contributed by atoms with Gasteiger partial charge >= 0.3 is 0 Å². The van der Waals surface area contributed by atoms with Crippen LogP contribution in [0.25, 0.3) is 98.2 Å². The van der Waals surface area contributed by atoms with Crippen LogP contribution < -0.4 is 0 Å². The number of benzene rings is 6. The number of para-hydroxylation sites is 2. The molecule has 0 saturated heterocycles. The summed E-state index contributed by atoms with van der Waals surface area (Å²) in [6.45, 7) is 0. The smallest absolute Gasteiger partial charge is 0.275 e. The topological polar surface area (TPSA) is 80.7 Å². The van der Waals surface area contributed by atoms with Gasteiger partial charge in [0.2, 0.25) is 0 Å². The molecule has 7 heteroatoms. The molecule has 0 radical (unpaired) electrons. The Hall–Kier alpha value is -6.05. The number of hydrogen-bond acceptors (Lipinski definition) is 6. The van der Waals surface area contributed by atoms with Crippen LogP contribution in [0.3, 0.4) is 0 Å². The molecule has 0 saturated carbocycles. The molecule has 0 aliphatic heterocycles. The molecule has 6 aromatic carbocycles. The molecule has 4 aromatic heterocycles. The summed E-state index contributed by atoms with van der Waals surface area (Å²) < 4.78 is 14.3. The van der Waals surface area contributed by atoms with Gasteiger partial charge in [-0.25, -0.2) is 9.97 Å². The van der Waals surface area contributed by atoms with Crippen LogP contribution in [-0.2, 0) is 0 Å². The minimum absolute atomic E-state index is 0.569. The fourth-order valence-corrected chi connectivity index (χ4v) is 7.86. The molecule has 0 unspecified atom stereocenters. The molecular formula is C39H22N4O2S. The third kappa shape index (κ3) is 3.72. The average molecular weight is 611 g/mol. The van der Waals surface area contributed by atoms with Gasteiger partial charge in [-0.15, -0.1) is 21.7 Å². The van der Waals surface area contributed by atoms with Crippen molar-refractivity contribution >= 4 is 64.2 Å². The van der Waals surface area contributed by atoms with Gasteiger partial charge in [0.05, 0.1) is 17.0 Å². The number of furan rings is 1. The largest absolute Gasteiger partial charge is 0.455 e. The molecule has 0 amide bonds. The SMILES string of the molecule is c1ccc2c(c1)oc1c(-c3nc(-c4ccc(-c5n[nH]o5)c5ccccc45)cc(-c4cccc5c4sc4ccccc45)n3)cccc12. The number of nitrogens with one attached hydrogen (secondary N) is 1. The number of hydrogen-bond donors (Lipinski definition) is 1. The predicted octanol–water partition coefficient (Wildman–Crippen LogP) is 10.9. The van der Waals surface area contributed by atoms with Crippen molar-refractivity contribution in [1.82, 2.24) is 20.3 Å². The summed E-state index contributed by atoms with van der Waals surface area (Å²) in [6, 6.07) is 43.9. The zero-order valence-corrected chi connectivity index (χ0v) is 25.0. The van der Waals surface area contributed by atoms with Crippen molar-refractivity contribution in [2.24, 2.45) is 0 Å². The van der Waals surface area contributed by atoms with Crippen LogP contribution in [0.1, 0.15) is 0 Å². The Bertz CT molecular complexity index is 2640. The first kappa shape index (κ1) is 25.3. The van der Waals surface area contributed by atoms with Gasteiger partial charge in [-0.05, 0) is 41.1 Å². The minimum Gasteiger partial charge on any atom is -0.455 e. The van der Waals surface area contributed by atoms with Gasteiger partial charge in [-0.2, -0.15) is 0 Å². The maximum absolute atomic E-state index is 6.46. The first-order chi connectivity index (χ1) is 22.8. The quantitative estimate of drug-likeness (QED) is 0.214. The molecule has 0 aliphatic rings. The third-order valence-corrected chi connectivity index (χ3v) is 9.99. The maximum Gasteiger partial charge on any atom is 0.275 e. The van der Waals surface area contributed by atoms with E-state index in [9.17, 15) is 0 Å². The number of fused-ring (bicyclic) bond motifs is 7. The van der Waals surface area contributed by atoms with Gasteiger partial charge < -0.3 is 8.94 Å². The van der Waals surface area contributed by atoms with E-state index in [0.29, 0.717) is 11.7 Å². The van der Waals surface area contributed by atoms with Crippen LogP contribution >= 0.6 is 11.3 Å². The van der Waals surface area contributed by atoms with Crippen LogP contribution in [0.2, 0.25) is 0 Å². The fourth-order valence-electron chi connectivity index (χ4n) is 6.63. The van der Waals surface area contributed by atoms with Crippen LogP contribution in [-0.4, -0.2) is 20.3 Å². The second-order valence-electron chi connectivity index (χ2n) is 11.3. The summed E-state index contributed by atoms with van der Waals surface area (Å²) in [5.41, 5.74) is 7.15. The molecule has 0 spiro atoms. The van der Waals surface area contributed by atoms with Crippen LogP contribution in [0.15, 0.2) is 136 Å². The van der Waals surface area contributed by atoms with E-state index in [4.69, 9.17) is 18.9 Å². The van der Waals surface area contributed by atoms with Gasteiger partial charge in [0.1, 0.15) is 11.2 Å². The van der Waals surface area contributed by atoms with Crippen molar-refractivity contribution in [3.05, 3.63) is 127 Å². The number of rotatable bonds is 4. The fraction of sp³-hybridized carbons (Fsp3) is 0. The summed E-state index contributed by atoms with van der Waals surface area (Å²) in [7, 11) is 0. The molecule has 10 rings (SSSR count). The monoisotopic (exact) mass is 610 g/mol. The van der Waals surface area contributed by atoms with Crippen LogP contribution in [0, 0.1) is 0 Å². The molecule has 216 valence electrons. The average Bonchev–Trinajstić information content (AvgIpc) is 3.66. The lowest BCUT2D eigenvalue weighted by Gasteiger charge is -2.13. The summed E-state index contributed by atoms with van der Waals surface area (Å²) in [4.78, 5) is 10.5. The second-order valence-corrected chi connectivity index (χ2v) is 12.4. The highest BCUT2D eigenvalue weighted by Crippen LogP contribution is 2.42. The van der Waals surface area contributed by atoms with E-state index in [1.165, 1.54) is 20.2 Å². The molecule has 1 N–H and O–H groups in total.